The first-order chi connectivity index (χ1) is 5.86. The van der Waals surface area contributed by atoms with Crippen LogP contribution in [0.15, 0.2) is 0 Å². The standard InChI is InChI=1S/C7H11NO4S.Na/c1-3(7(11)12)8-6(10)5(13)4(2)9;/h3,5,13H,1-2H3,(H,8,10)(H,11,12);/q;+1/p-1. The van der Waals surface area contributed by atoms with Crippen LogP contribution in [0.1, 0.15) is 13.8 Å². The van der Waals surface area contributed by atoms with E-state index in [1.54, 1.807) is 0 Å². The van der Waals surface area contributed by atoms with Gasteiger partial charge in [0.15, 0.2) is 5.78 Å². The first-order valence-corrected chi connectivity index (χ1v) is 4.07. The molecule has 0 fully saturated rings. The molecule has 0 aliphatic heterocycles. The molecule has 74 valence electrons. The maximum absolute atomic E-state index is 11.0. The van der Waals surface area contributed by atoms with Crippen LogP contribution in [0.4, 0.5) is 0 Å². The summed E-state index contributed by atoms with van der Waals surface area (Å²) in [5.41, 5.74) is 0. The number of hydrogen-bond acceptors (Lipinski definition) is 5. The molecule has 5 nitrogen and oxygen atoms in total. The second kappa shape index (κ2) is 7.28. The molecule has 0 saturated carbocycles. The van der Waals surface area contributed by atoms with Crippen LogP contribution in [0.3, 0.4) is 0 Å². The molecule has 0 aromatic heterocycles. The number of Topliss-reactive ketones (excluding diaryl/α,β-unsaturated/α-hetero) is 1. The molecule has 0 aromatic rings. The largest absolute Gasteiger partial charge is 1.00 e. The molecule has 2 atom stereocenters. The Hall–Kier alpha value is -0.0400. The summed E-state index contributed by atoms with van der Waals surface area (Å²) in [5.74, 6) is -2.57. The van der Waals surface area contributed by atoms with Crippen LogP contribution in [0.5, 0.6) is 0 Å². The van der Waals surface area contributed by atoms with Crippen molar-refractivity contribution < 1.29 is 49.0 Å². The summed E-state index contributed by atoms with van der Waals surface area (Å²) in [6.07, 6.45) is 0. The van der Waals surface area contributed by atoms with Crippen molar-refractivity contribution in [3.8, 4) is 0 Å². The minimum Gasteiger partial charge on any atom is -0.548 e. The molecule has 0 rings (SSSR count). The van der Waals surface area contributed by atoms with Crippen molar-refractivity contribution in [2.45, 2.75) is 25.1 Å². The van der Waals surface area contributed by atoms with E-state index in [2.05, 4.69) is 17.9 Å². The fraction of sp³-hybridized carbons (Fsp3) is 0.571. The van der Waals surface area contributed by atoms with E-state index in [-0.39, 0.29) is 29.6 Å². The Balaban J connectivity index is 0. The smallest absolute Gasteiger partial charge is 0.548 e. The van der Waals surface area contributed by atoms with Crippen LogP contribution in [-0.4, -0.2) is 29.0 Å². The molecule has 0 bridgehead atoms. The van der Waals surface area contributed by atoms with E-state index in [0.717, 1.165) is 0 Å². The number of carbonyl (C=O) groups is 3. The van der Waals surface area contributed by atoms with E-state index >= 15 is 0 Å². The van der Waals surface area contributed by atoms with Gasteiger partial charge < -0.3 is 15.2 Å². The van der Waals surface area contributed by atoms with Gasteiger partial charge >= 0.3 is 29.6 Å². The number of carboxylic acids is 1. The van der Waals surface area contributed by atoms with Gasteiger partial charge in [-0.2, -0.15) is 12.6 Å². The zero-order valence-corrected chi connectivity index (χ0v) is 11.1. The molecule has 0 aliphatic carbocycles. The van der Waals surface area contributed by atoms with E-state index in [0.29, 0.717) is 0 Å². The van der Waals surface area contributed by atoms with Crippen molar-refractivity contribution in [2.75, 3.05) is 0 Å². The van der Waals surface area contributed by atoms with E-state index < -0.39 is 29.0 Å². The van der Waals surface area contributed by atoms with Crippen molar-refractivity contribution >= 4 is 30.3 Å². The normalized spacial score (nSPS) is 13.4. The molecule has 0 spiro atoms. The number of ketones is 1. The van der Waals surface area contributed by atoms with Crippen molar-refractivity contribution in [2.24, 2.45) is 0 Å². The molecule has 7 heteroatoms. The number of aliphatic carboxylic acids is 1. The van der Waals surface area contributed by atoms with Crippen molar-refractivity contribution in [1.82, 2.24) is 5.32 Å². The second-order valence-electron chi connectivity index (χ2n) is 2.56. The predicted molar refractivity (Wildman–Crippen MR) is 46.1 cm³/mol. The van der Waals surface area contributed by atoms with Crippen LogP contribution in [-0.2, 0) is 14.4 Å². The minimum absolute atomic E-state index is 0. The van der Waals surface area contributed by atoms with E-state index in [9.17, 15) is 19.5 Å². The quantitative estimate of drug-likeness (QED) is 0.286. The summed E-state index contributed by atoms with van der Waals surface area (Å²) >= 11 is 3.69. The van der Waals surface area contributed by atoms with Gasteiger partial charge in [0.25, 0.3) is 0 Å². The third-order valence-corrected chi connectivity index (χ3v) is 1.94. The summed E-state index contributed by atoms with van der Waals surface area (Å²) in [7, 11) is 0. The van der Waals surface area contributed by atoms with E-state index in [1.807, 2.05) is 0 Å². The Morgan fingerprint density at radius 3 is 2.07 bits per heavy atom. The van der Waals surface area contributed by atoms with Crippen LogP contribution >= 0.6 is 12.6 Å². The van der Waals surface area contributed by atoms with Gasteiger partial charge in [-0.05, 0) is 13.8 Å². The Morgan fingerprint density at radius 2 is 1.79 bits per heavy atom. The molecule has 14 heavy (non-hydrogen) atoms. The summed E-state index contributed by atoms with van der Waals surface area (Å²) in [5, 5.41) is 11.1. The zero-order chi connectivity index (χ0) is 10.6. The average Bonchev–Trinajstić information content (AvgIpc) is 2.02. The average molecular weight is 227 g/mol. The molecule has 0 saturated heterocycles. The van der Waals surface area contributed by atoms with Gasteiger partial charge in [0, 0.05) is 0 Å². The van der Waals surface area contributed by atoms with Gasteiger partial charge in [-0.25, -0.2) is 0 Å². The third kappa shape index (κ3) is 5.64. The predicted octanol–water partition coefficient (Wildman–Crippen LogP) is -4.87. The molecule has 0 heterocycles. The Labute approximate surface area is 109 Å². The summed E-state index contributed by atoms with van der Waals surface area (Å²) in [6, 6.07) is -1.12. The maximum atomic E-state index is 11.0. The van der Waals surface area contributed by atoms with Gasteiger partial charge in [-0.3, -0.25) is 9.59 Å². The van der Waals surface area contributed by atoms with Crippen LogP contribution in [0, 0.1) is 0 Å². The molecule has 0 radical (unpaired) electrons. The minimum atomic E-state index is -1.41. The molecule has 0 aliphatic rings. The molecule has 1 amide bonds. The van der Waals surface area contributed by atoms with Gasteiger partial charge in [0.2, 0.25) is 5.91 Å². The van der Waals surface area contributed by atoms with Gasteiger partial charge in [-0.1, -0.05) is 0 Å². The SMILES string of the molecule is CC(=O)C(S)C(=O)NC(C)C(=O)[O-].[Na+]. The van der Waals surface area contributed by atoms with Gasteiger partial charge in [0.05, 0.1) is 12.0 Å². The summed E-state index contributed by atoms with van der Waals surface area (Å²) in [4.78, 5) is 31.8. The fourth-order valence-electron chi connectivity index (χ4n) is 0.536. The van der Waals surface area contributed by atoms with Crippen LogP contribution in [0.25, 0.3) is 0 Å². The number of carboxylic acid groups (broad SMARTS) is 1. The number of rotatable bonds is 4. The Morgan fingerprint density at radius 1 is 1.36 bits per heavy atom. The Bertz CT molecular complexity index is 246. The number of carbonyl (C=O) groups excluding carboxylic acids is 3. The number of amides is 1. The molecular weight excluding hydrogens is 217 g/mol. The monoisotopic (exact) mass is 227 g/mol. The van der Waals surface area contributed by atoms with Gasteiger partial charge in [-0.15, -0.1) is 0 Å². The molecule has 2 unspecified atom stereocenters. The molecule has 1 N–H and O–H groups in total. The topological polar surface area (TPSA) is 86.3 Å². The van der Waals surface area contributed by atoms with Crippen LogP contribution < -0.4 is 40.0 Å². The van der Waals surface area contributed by atoms with Crippen molar-refractivity contribution in [3.05, 3.63) is 0 Å². The second-order valence-corrected chi connectivity index (χ2v) is 3.08. The van der Waals surface area contributed by atoms with E-state index in [4.69, 9.17) is 0 Å². The zero-order valence-electron chi connectivity index (χ0n) is 8.23. The molecular formula is C7H10NNaO4S. The summed E-state index contributed by atoms with van der Waals surface area (Å²) in [6.45, 7) is 2.44. The maximum Gasteiger partial charge on any atom is 1.00 e. The summed E-state index contributed by atoms with van der Waals surface area (Å²) < 4.78 is 0. The number of nitrogens with one attached hydrogen (secondary N) is 1. The van der Waals surface area contributed by atoms with Crippen LogP contribution in [0.2, 0.25) is 0 Å². The van der Waals surface area contributed by atoms with Crippen molar-refractivity contribution in [3.63, 3.8) is 0 Å². The Kier molecular flexibility index (Phi) is 8.52. The van der Waals surface area contributed by atoms with Crippen molar-refractivity contribution in [1.29, 1.82) is 0 Å². The third-order valence-electron chi connectivity index (χ3n) is 1.35. The number of thiol groups is 1. The first kappa shape index (κ1) is 16.4. The molecule has 0 aromatic carbocycles. The first-order valence-electron chi connectivity index (χ1n) is 3.56. The van der Waals surface area contributed by atoms with Gasteiger partial charge in [0.1, 0.15) is 5.25 Å². The fourth-order valence-corrected chi connectivity index (χ4v) is 0.610. The number of hydrogen-bond donors (Lipinski definition) is 2. The van der Waals surface area contributed by atoms with E-state index in [1.165, 1.54) is 13.8 Å².